The number of aromatic nitrogens is 3. The Morgan fingerprint density at radius 1 is 1.29 bits per heavy atom. The summed E-state index contributed by atoms with van der Waals surface area (Å²) in [6, 6.07) is 12.9. The molecule has 0 atom stereocenters. The van der Waals surface area contributed by atoms with E-state index in [1.54, 1.807) is 12.1 Å². The first-order valence-corrected chi connectivity index (χ1v) is 13.1. The molecule has 1 heterocycles. The number of rotatable bonds is 9. The number of aromatic amines is 1. The third-order valence-corrected chi connectivity index (χ3v) is 6.99. The average Bonchev–Trinajstić information content (AvgIpc) is 3.30. The van der Waals surface area contributed by atoms with Crippen molar-refractivity contribution in [1.82, 2.24) is 15.6 Å². The van der Waals surface area contributed by atoms with E-state index in [-0.39, 0.29) is 17.4 Å². The van der Waals surface area contributed by atoms with Gasteiger partial charge in [0.15, 0.2) is 11.5 Å². The lowest BCUT2D eigenvalue weighted by atomic mass is 9.95. The number of H-pyrrole nitrogens is 1. The number of hydrazone groups is 1. The van der Waals surface area contributed by atoms with Crippen molar-refractivity contribution in [2.24, 2.45) is 5.10 Å². The van der Waals surface area contributed by atoms with Crippen LogP contribution in [0, 0.1) is 0 Å². The van der Waals surface area contributed by atoms with Crippen LogP contribution in [0.2, 0.25) is 5.02 Å². The van der Waals surface area contributed by atoms with Gasteiger partial charge in [0.25, 0.3) is 11.7 Å². The zero-order valence-electron chi connectivity index (χ0n) is 19.5. The monoisotopic (exact) mass is 514 g/mol. The van der Waals surface area contributed by atoms with Crippen LogP contribution in [0.15, 0.2) is 52.7 Å². The normalized spacial score (nSPS) is 14.3. The van der Waals surface area contributed by atoms with Crippen LogP contribution < -0.4 is 14.7 Å². The van der Waals surface area contributed by atoms with Gasteiger partial charge >= 0.3 is 5.16 Å². The third kappa shape index (κ3) is 6.55. The number of halogens is 1. The smallest absolute Gasteiger partial charge is 0.337 e. The second kappa shape index (κ2) is 12.1. The number of thioether (sulfide) groups is 1. The second-order valence-electron chi connectivity index (χ2n) is 8.27. The van der Waals surface area contributed by atoms with Gasteiger partial charge < -0.3 is 9.84 Å². The Kier molecular flexibility index (Phi) is 8.65. The number of carbonyl (C=O) groups excluding carboxylic acids is 1. The Hall–Kier alpha value is -3.04. The second-order valence-corrected chi connectivity index (χ2v) is 9.64. The fourth-order valence-corrected chi connectivity index (χ4v) is 5.06. The first-order chi connectivity index (χ1) is 17.0. The minimum absolute atomic E-state index is 0.0627. The molecule has 0 radical (unpaired) electrons. The predicted octanol–water partition coefficient (Wildman–Crippen LogP) is 4.87. The van der Waals surface area contributed by atoms with Crippen LogP contribution >= 0.6 is 23.4 Å². The topological polar surface area (TPSA) is 103 Å². The van der Waals surface area contributed by atoms with Gasteiger partial charge in [0, 0.05) is 5.02 Å². The van der Waals surface area contributed by atoms with Crippen molar-refractivity contribution in [3.05, 3.63) is 53.1 Å². The van der Waals surface area contributed by atoms with E-state index in [4.69, 9.17) is 16.3 Å². The number of benzene rings is 2. The molecule has 35 heavy (non-hydrogen) atoms. The fraction of sp³-hybridized carbons (Fsp3) is 0.360. The summed E-state index contributed by atoms with van der Waals surface area (Å²) in [5.41, 5.74) is 4.27. The summed E-state index contributed by atoms with van der Waals surface area (Å²) in [5.74, 6) is 1.30. The van der Waals surface area contributed by atoms with E-state index >= 15 is 0 Å². The maximum atomic E-state index is 12.5. The number of carbonyl (C=O) groups is 1. The Bertz CT molecular complexity index is 1180. The maximum Gasteiger partial charge on any atom is 0.337 e. The molecular formula is C25H29ClN5O3S+. The van der Waals surface area contributed by atoms with Crippen LogP contribution in [0.25, 0.3) is 11.4 Å². The summed E-state index contributed by atoms with van der Waals surface area (Å²) in [5, 5.41) is 23.0. The molecule has 1 fully saturated rings. The molecule has 1 saturated carbocycles. The first-order valence-electron chi connectivity index (χ1n) is 11.7. The van der Waals surface area contributed by atoms with Crippen LogP contribution in [-0.4, -0.2) is 39.8 Å². The van der Waals surface area contributed by atoms with Crippen molar-refractivity contribution < 1.29 is 19.2 Å². The molecular weight excluding hydrogens is 486 g/mol. The molecule has 8 nitrogen and oxygen atoms in total. The number of phenols is 1. The molecule has 2 aromatic carbocycles. The number of hydrogen-bond acceptors (Lipinski definition) is 6. The number of nitrogens with one attached hydrogen (secondary N) is 2. The lowest BCUT2D eigenvalue weighted by Gasteiger charge is -2.21. The Labute approximate surface area is 213 Å². The van der Waals surface area contributed by atoms with Crippen molar-refractivity contribution in [1.29, 1.82) is 0 Å². The molecule has 0 bridgehead atoms. The van der Waals surface area contributed by atoms with Crippen molar-refractivity contribution in [2.75, 3.05) is 12.4 Å². The zero-order valence-corrected chi connectivity index (χ0v) is 21.1. The number of nitrogens with zero attached hydrogens (tertiary/aromatic N) is 3. The summed E-state index contributed by atoms with van der Waals surface area (Å²) in [6.07, 6.45) is 7.31. The van der Waals surface area contributed by atoms with Gasteiger partial charge in [-0.25, -0.2) is 9.99 Å². The summed E-state index contributed by atoms with van der Waals surface area (Å²) in [7, 11) is 0. The number of amides is 1. The summed E-state index contributed by atoms with van der Waals surface area (Å²) >= 11 is 7.46. The molecule has 1 aliphatic carbocycles. The third-order valence-electron chi connectivity index (χ3n) is 5.78. The summed E-state index contributed by atoms with van der Waals surface area (Å²) in [4.78, 5) is 12.5. The van der Waals surface area contributed by atoms with Crippen LogP contribution in [0.1, 0.15) is 50.6 Å². The molecule has 0 saturated heterocycles. The van der Waals surface area contributed by atoms with Crippen molar-refractivity contribution in [2.45, 2.75) is 50.2 Å². The van der Waals surface area contributed by atoms with Crippen molar-refractivity contribution in [3.63, 3.8) is 0 Å². The van der Waals surface area contributed by atoms with Gasteiger partial charge in [0.1, 0.15) is 0 Å². The van der Waals surface area contributed by atoms with E-state index in [0.29, 0.717) is 29.0 Å². The molecule has 4 rings (SSSR count). The Morgan fingerprint density at radius 3 is 2.80 bits per heavy atom. The van der Waals surface area contributed by atoms with Gasteiger partial charge in [-0.1, -0.05) is 18.0 Å². The van der Waals surface area contributed by atoms with E-state index in [0.717, 1.165) is 29.4 Å². The quantitative estimate of drug-likeness (QED) is 0.163. The molecule has 0 aliphatic heterocycles. The highest BCUT2D eigenvalue weighted by molar-refractivity contribution is 7.99. The summed E-state index contributed by atoms with van der Waals surface area (Å²) < 4.78 is 7.60. The first kappa shape index (κ1) is 25.1. The molecule has 3 N–H and O–H groups in total. The lowest BCUT2D eigenvalue weighted by molar-refractivity contribution is -0.749. The maximum absolute atomic E-state index is 12.5. The molecule has 3 aromatic rings. The van der Waals surface area contributed by atoms with Crippen LogP contribution in [-0.2, 0) is 4.79 Å². The number of aromatic hydroxyl groups is 1. The molecule has 0 unspecified atom stereocenters. The highest BCUT2D eigenvalue weighted by Gasteiger charge is 2.30. The van der Waals surface area contributed by atoms with E-state index in [1.807, 2.05) is 31.2 Å². The number of hydrogen-bond donors (Lipinski definition) is 3. The van der Waals surface area contributed by atoms with Crippen LogP contribution in [0.5, 0.6) is 11.5 Å². The average molecular weight is 515 g/mol. The molecule has 1 aliphatic rings. The molecule has 1 aromatic heterocycles. The van der Waals surface area contributed by atoms with Gasteiger partial charge in [-0.2, -0.15) is 5.10 Å². The van der Waals surface area contributed by atoms with E-state index in [9.17, 15) is 9.90 Å². The Balaban J connectivity index is 1.42. The molecule has 0 spiro atoms. The van der Waals surface area contributed by atoms with E-state index < -0.39 is 0 Å². The van der Waals surface area contributed by atoms with Crippen molar-refractivity contribution in [3.8, 4) is 22.9 Å². The molecule has 10 heteroatoms. The number of phenolic OH excluding ortho intramolecular Hbond substituents is 1. The van der Waals surface area contributed by atoms with Gasteiger partial charge in [-0.3, -0.25) is 4.79 Å². The van der Waals surface area contributed by atoms with Gasteiger partial charge in [0.2, 0.25) is 0 Å². The zero-order chi connectivity index (χ0) is 24.6. The predicted molar refractivity (Wildman–Crippen MR) is 137 cm³/mol. The molecule has 1 amide bonds. The SMILES string of the molecule is CCOc1cc(C=NNC(=O)CSc2n[nH]c(-c3ccc(Cl)cc3)[n+]2C2CCCCC2)ccc1O. The fourth-order valence-electron chi connectivity index (χ4n) is 4.12. The summed E-state index contributed by atoms with van der Waals surface area (Å²) in [6.45, 7) is 2.28. The largest absolute Gasteiger partial charge is 0.504 e. The standard InChI is InChI=1S/C25H28ClN5O3S/c1-2-34-22-14-17(8-13-21(22)32)15-27-28-23(33)16-35-25-30-29-24(18-9-11-19(26)12-10-18)31(25)20-6-4-3-5-7-20/h8-15,20H,2-7,16H2,1H3,(H2,27,28,32,33)/p+1. The van der Waals surface area contributed by atoms with Crippen molar-refractivity contribution >= 4 is 35.5 Å². The minimum atomic E-state index is -0.235. The highest BCUT2D eigenvalue weighted by Crippen LogP contribution is 2.29. The number of ether oxygens (including phenoxy) is 1. The van der Waals surface area contributed by atoms with Gasteiger partial charge in [0.05, 0.1) is 35.3 Å². The van der Waals surface area contributed by atoms with E-state index in [1.165, 1.54) is 43.3 Å². The lowest BCUT2D eigenvalue weighted by Crippen LogP contribution is -2.43. The molecule has 184 valence electrons. The van der Waals surface area contributed by atoms with Gasteiger partial charge in [-0.05, 0) is 92.4 Å². The Morgan fingerprint density at radius 2 is 2.06 bits per heavy atom. The minimum Gasteiger partial charge on any atom is -0.504 e. The van der Waals surface area contributed by atoms with Crippen LogP contribution in [0.3, 0.4) is 0 Å². The van der Waals surface area contributed by atoms with E-state index in [2.05, 4.69) is 25.3 Å². The van der Waals surface area contributed by atoms with Crippen LogP contribution in [0.4, 0.5) is 0 Å². The van der Waals surface area contributed by atoms with Gasteiger partial charge in [-0.15, -0.1) is 5.10 Å². The highest BCUT2D eigenvalue weighted by atomic mass is 35.5.